The van der Waals surface area contributed by atoms with Gasteiger partial charge in [-0.05, 0) is 64.3 Å². The molecule has 0 bridgehead atoms. The van der Waals surface area contributed by atoms with Crippen LogP contribution in [0.15, 0.2) is 40.2 Å². The van der Waals surface area contributed by atoms with Crippen LogP contribution in [0.3, 0.4) is 0 Å². The van der Waals surface area contributed by atoms with Crippen molar-refractivity contribution in [3.63, 3.8) is 0 Å². The first-order chi connectivity index (χ1) is 19.4. The molecule has 0 fully saturated rings. The van der Waals surface area contributed by atoms with Gasteiger partial charge >= 0.3 is 5.69 Å². The molecule has 41 heavy (non-hydrogen) atoms. The van der Waals surface area contributed by atoms with Crippen LogP contribution in [0.25, 0.3) is 15.2 Å². The van der Waals surface area contributed by atoms with Crippen molar-refractivity contribution in [3.05, 3.63) is 73.9 Å². The molecule has 0 spiro atoms. The number of thiophene rings is 1. The molecule has 1 atom stereocenters. The Hall–Kier alpha value is -3.68. The van der Waals surface area contributed by atoms with Crippen LogP contribution in [0.4, 0.5) is 4.39 Å². The van der Waals surface area contributed by atoms with Gasteiger partial charge in [-0.25, -0.2) is 13.8 Å². The van der Waals surface area contributed by atoms with Crippen LogP contribution in [-0.2, 0) is 28.0 Å². The van der Waals surface area contributed by atoms with E-state index in [0.29, 0.717) is 27.4 Å². The lowest BCUT2D eigenvalue weighted by molar-refractivity contribution is -0.129. The van der Waals surface area contributed by atoms with Crippen molar-refractivity contribution in [3.8, 4) is 5.00 Å². The predicted molar refractivity (Wildman–Crippen MR) is 154 cm³/mol. The summed E-state index contributed by atoms with van der Waals surface area (Å²) in [6, 6.07) is 4.16. The van der Waals surface area contributed by atoms with E-state index in [1.807, 2.05) is 6.92 Å². The van der Waals surface area contributed by atoms with Gasteiger partial charge < -0.3 is 15.2 Å². The molecule has 0 aliphatic rings. The Balaban J connectivity index is 2.03. The minimum absolute atomic E-state index is 0.0594. The Labute approximate surface area is 240 Å². The standard InChI is InChI=1S/C28H35FN6O5S/c1-7-18-8-9-19(29)14-20(18)21(40-13-12-36)15-33-25-22(17(4)24(41-25)35-30-10-11-31-35)23(37)34(27(33)39)28(5,6)26(38)32-16(2)3/h8-11,14,16,21,36H,7,12-13,15H2,1-6H3,(H,32,38)/t21-/m0/s1. The molecule has 4 aromatic rings. The van der Waals surface area contributed by atoms with Crippen molar-refractivity contribution in [1.82, 2.24) is 29.4 Å². The van der Waals surface area contributed by atoms with Crippen LogP contribution >= 0.6 is 11.3 Å². The highest BCUT2D eigenvalue weighted by atomic mass is 32.1. The Morgan fingerprint density at radius 3 is 2.51 bits per heavy atom. The van der Waals surface area contributed by atoms with Crippen LogP contribution in [-0.4, -0.2) is 54.4 Å². The average molecular weight is 587 g/mol. The van der Waals surface area contributed by atoms with Gasteiger partial charge in [0.1, 0.15) is 27.3 Å². The number of hydrogen-bond donors (Lipinski definition) is 2. The second-order valence-corrected chi connectivity index (χ2v) is 11.5. The minimum Gasteiger partial charge on any atom is -0.394 e. The molecule has 1 amide bonds. The largest absolute Gasteiger partial charge is 0.394 e. The van der Waals surface area contributed by atoms with Crippen LogP contribution in [0, 0.1) is 12.7 Å². The van der Waals surface area contributed by atoms with Gasteiger partial charge in [0.15, 0.2) is 0 Å². The summed E-state index contributed by atoms with van der Waals surface area (Å²) in [5.74, 6) is -0.964. The van der Waals surface area contributed by atoms with Gasteiger partial charge in [0, 0.05) is 11.6 Å². The molecular weight excluding hydrogens is 551 g/mol. The number of carbonyl (C=O) groups excluding carboxylic acids is 1. The summed E-state index contributed by atoms with van der Waals surface area (Å²) in [6.45, 7) is 9.82. The number of benzene rings is 1. The van der Waals surface area contributed by atoms with Gasteiger partial charge in [-0.2, -0.15) is 10.2 Å². The molecule has 220 valence electrons. The molecule has 13 heteroatoms. The zero-order chi connectivity index (χ0) is 30.1. The normalized spacial score (nSPS) is 12.8. The summed E-state index contributed by atoms with van der Waals surface area (Å²) in [5.41, 5.74) is -1.02. The number of hydrogen-bond acceptors (Lipinski definition) is 8. The van der Waals surface area contributed by atoms with Crippen molar-refractivity contribution in [2.45, 2.75) is 72.2 Å². The number of nitrogens with zero attached hydrogens (tertiary/aromatic N) is 5. The van der Waals surface area contributed by atoms with E-state index >= 15 is 0 Å². The molecule has 11 nitrogen and oxygen atoms in total. The molecule has 3 aromatic heterocycles. The number of fused-ring (bicyclic) bond motifs is 1. The second kappa shape index (κ2) is 12.0. The monoisotopic (exact) mass is 586 g/mol. The molecule has 1 aromatic carbocycles. The van der Waals surface area contributed by atoms with Crippen LogP contribution in [0.1, 0.15) is 57.4 Å². The molecular formula is C28H35FN6O5S. The number of amides is 1. The van der Waals surface area contributed by atoms with Crippen LogP contribution < -0.4 is 16.6 Å². The molecule has 0 saturated carbocycles. The zero-order valence-corrected chi connectivity index (χ0v) is 24.8. The summed E-state index contributed by atoms with van der Waals surface area (Å²) in [5, 5.41) is 21.5. The Kier molecular flexibility index (Phi) is 8.90. The third-order valence-corrected chi connectivity index (χ3v) is 8.20. The van der Waals surface area contributed by atoms with Gasteiger partial charge in [0.25, 0.3) is 5.56 Å². The van der Waals surface area contributed by atoms with E-state index in [2.05, 4.69) is 15.5 Å². The van der Waals surface area contributed by atoms with E-state index in [4.69, 9.17) is 4.74 Å². The fourth-order valence-electron chi connectivity index (χ4n) is 4.83. The molecule has 0 saturated heterocycles. The third-order valence-electron chi connectivity index (χ3n) is 6.92. The lowest BCUT2D eigenvalue weighted by Gasteiger charge is -2.28. The summed E-state index contributed by atoms with van der Waals surface area (Å²) in [7, 11) is 0. The number of aliphatic hydroxyl groups excluding tert-OH is 1. The number of rotatable bonds is 11. The van der Waals surface area contributed by atoms with Gasteiger partial charge in [0.05, 0.1) is 37.5 Å². The maximum absolute atomic E-state index is 14.4. The SMILES string of the molecule is CCc1ccc(F)cc1[C@H](Cn1c(=O)n(C(C)(C)C(=O)NC(C)C)c(=O)c2c(C)c(-n3nccn3)sc21)OCCO. The Bertz CT molecular complexity index is 1670. The number of aromatic nitrogens is 5. The number of carbonyl (C=O) groups is 1. The summed E-state index contributed by atoms with van der Waals surface area (Å²) in [4.78, 5) is 43.3. The molecule has 0 aliphatic carbocycles. The van der Waals surface area contributed by atoms with Gasteiger partial charge in [-0.1, -0.05) is 24.3 Å². The first-order valence-corrected chi connectivity index (χ1v) is 14.2. The van der Waals surface area contributed by atoms with E-state index < -0.39 is 34.6 Å². The highest BCUT2D eigenvalue weighted by Crippen LogP contribution is 2.33. The molecule has 2 N–H and O–H groups in total. The molecule has 3 heterocycles. The lowest BCUT2D eigenvalue weighted by atomic mass is 9.99. The molecule has 0 unspecified atom stereocenters. The van der Waals surface area contributed by atoms with Crippen LogP contribution in [0.2, 0.25) is 0 Å². The number of ether oxygens (including phenoxy) is 1. The zero-order valence-electron chi connectivity index (χ0n) is 24.0. The summed E-state index contributed by atoms with van der Waals surface area (Å²) in [6.07, 6.45) is 2.74. The van der Waals surface area contributed by atoms with Gasteiger partial charge in [-0.15, -0.1) is 4.80 Å². The van der Waals surface area contributed by atoms with Crippen LogP contribution in [0.5, 0.6) is 0 Å². The molecule has 4 rings (SSSR count). The summed E-state index contributed by atoms with van der Waals surface area (Å²) >= 11 is 1.16. The highest BCUT2D eigenvalue weighted by Gasteiger charge is 2.36. The van der Waals surface area contributed by atoms with Crippen molar-refractivity contribution >= 4 is 27.5 Å². The van der Waals surface area contributed by atoms with E-state index in [1.165, 1.54) is 47.7 Å². The quantitative estimate of drug-likeness (QED) is 0.276. The smallest absolute Gasteiger partial charge is 0.333 e. The van der Waals surface area contributed by atoms with E-state index in [9.17, 15) is 23.9 Å². The lowest BCUT2D eigenvalue weighted by Crippen LogP contribution is -2.56. The first-order valence-electron chi connectivity index (χ1n) is 13.4. The molecule has 0 radical (unpaired) electrons. The number of nitrogens with one attached hydrogen (secondary N) is 1. The average Bonchev–Trinajstić information content (AvgIpc) is 3.56. The van der Waals surface area contributed by atoms with Crippen molar-refractivity contribution in [1.29, 1.82) is 0 Å². The Morgan fingerprint density at radius 1 is 1.22 bits per heavy atom. The predicted octanol–water partition coefficient (Wildman–Crippen LogP) is 2.83. The van der Waals surface area contributed by atoms with Crippen molar-refractivity contribution < 1.29 is 19.0 Å². The minimum atomic E-state index is -1.55. The number of halogens is 1. The number of aliphatic hydroxyl groups is 1. The van der Waals surface area contributed by atoms with E-state index in [1.54, 1.807) is 26.8 Å². The van der Waals surface area contributed by atoms with E-state index in [0.717, 1.165) is 21.5 Å². The Morgan fingerprint density at radius 2 is 1.90 bits per heavy atom. The second-order valence-electron chi connectivity index (χ2n) is 10.5. The van der Waals surface area contributed by atoms with Crippen molar-refractivity contribution in [2.75, 3.05) is 13.2 Å². The topological polar surface area (TPSA) is 133 Å². The van der Waals surface area contributed by atoms with Gasteiger partial charge in [-0.3, -0.25) is 14.2 Å². The number of aryl methyl sites for hydroxylation is 2. The molecule has 0 aliphatic heterocycles. The van der Waals surface area contributed by atoms with E-state index in [-0.39, 0.29) is 31.2 Å². The third kappa shape index (κ3) is 5.74. The maximum Gasteiger partial charge on any atom is 0.333 e. The maximum atomic E-state index is 14.4. The fourth-order valence-corrected chi connectivity index (χ4v) is 6.05. The first kappa shape index (κ1) is 30.3. The van der Waals surface area contributed by atoms with Gasteiger partial charge in [0.2, 0.25) is 5.91 Å². The fraction of sp³-hybridized carbons (Fsp3) is 0.464. The van der Waals surface area contributed by atoms with Crippen molar-refractivity contribution in [2.24, 2.45) is 0 Å². The summed E-state index contributed by atoms with van der Waals surface area (Å²) < 4.78 is 22.8. The highest BCUT2D eigenvalue weighted by molar-refractivity contribution is 7.21.